The van der Waals surface area contributed by atoms with E-state index in [1.54, 1.807) is 0 Å². The zero-order valence-corrected chi connectivity index (χ0v) is 61.3. The van der Waals surface area contributed by atoms with E-state index in [-0.39, 0.29) is 31.5 Å². The van der Waals surface area contributed by atoms with Crippen LogP contribution < -0.4 is 5.32 Å². The lowest BCUT2D eigenvalue weighted by atomic mass is 10.0. The number of carbonyl (C=O) groups excluding carboxylic acids is 2. The van der Waals surface area contributed by atoms with Crippen LogP contribution in [0.15, 0.2) is 72.9 Å². The van der Waals surface area contributed by atoms with Crippen LogP contribution >= 0.6 is 7.82 Å². The Hall–Kier alpha value is -2.55. The van der Waals surface area contributed by atoms with E-state index >= 15 is 0 Å². The van der Waals surface area contributed by atoms with Crippen molar-refractivity contribution >= 4 is 19.7 Å². The molecule has 1 amide bonds. The Balaban J connectivity index is 4.95. The van der Waals surface area contributed by atoms with Crippen molar-refractivity contribution in [2.75, 3.05) is 40.9 Å². The first-order chi connectivity index (χ1) is 43.9. The predicted octanol–water partition coefficient (Wildman–Crippen LogP) is 25.1. The van der Waals surface area contributed by atoms with E-state index in [0.717, 1.165) is 89.9 Å². The number of phosphoric ester groups is 1. The number of hydrogen-bond acceptors (Lipinski definition) is 6. The van der Waals surface area contributed by atoms with Crippen LogP contribution in [0.2, 0.25) is 0 Å². The van der Waals surface area contributed by atoms with Gasteiger partial charge in [-0.3, -0.25) is 18.6 Å². The molecule has 0 saturated carbocycles. The monoisotopic (exact) mass is 1280 g/mol. The van der Waals surface area contributed by atoms with Crippen molar-refractivity contribution in [1.29, 1.82) is 0 Å². The first-order valence-corrected chi connectivity index (χ1v) is 40.3. The summed E-state index contributed by atoms with van der Waals surface area (Å²) in [6.07, 6.45) is 92.2. The van der Waals surface area contributed by atoms with Crippen LogP contribution in [0.1, 0.15) is 374 Å². The van der Waals surface area contributed by atoms with E-state index in [2.05, 4.69) is 86.8 Å². The Kier molecular flexibility index (Phi) is 67.3. The molecule has 2 N–H and O–H groups in total. The molecule has 9 nitrogen and oxygen atoms in total. The van der Waals surface area contributed by atoms with Crippen LogP contribution in [0, 0.1) is 0 Å². The molecule has 0 aromatic rings. The fourth-order valence-corrected chi connectivity index (χ4v) is 12.2. The summed E-state index contributed by atoms with van der Waals surface area (Å²) in [5.41, 5.74) is 0. The third-order valence-corrected chi connectivity index (χ3v) is 18.4. The summed E-state index contributed by atoms with van der Waals surface area (Å²) >= 11 is 0. The van der Waals surface area contributed by atoms with Gasteiger partial charge < -0.3 is 19.4 Å². The van der Waals surface area contributed by atoms with E-state index < -0.39 is 20.0 Å². The Morgan fingerprint density at radius 2 is 0.711 bits per heavy atom. The zero-order chi connectivity index (χ0) is 65.6. The maximum Gasteiger partial charge on any atom is 0.472 e. The molecule has 0 bridgehead atoms. The van der Waals surface area contributed by atoms with Crippen molar-refractivity contribution in [2.45, 2.75) is 386 Å². The molecule has 10 heteroatoms. The molecule has 0 aromatic carbocycles. The van der Waals surface area contributed by atoms with Gasteiger partial charge in [0.2, 0.25) is 5.91 Å². The molecule has 0 fully saturated rings. The van der Waals surface area contributed by atoms with Gasteiger partial charge in [-0.05, 0) is 76.7 Å². The lowest BCUT2D eigenvalue weighted by Crippen LogP contribution is -2.47. The van der Waals surface area contributed by atoms with Crippen LogP contribution in [0.5, 0.6) is 0 Å². The summed E-state index contributed by atoms with van der Waals surface area (Å²) in [6, 6.07) is -0.851. The molecule has 0 heterocycles. The molecule has 0 aliphatic heterocycles. The Bertz CT molecular complexity index is 1770. The number of nitrogens with one attached hydrogen (secondary N) is 1. The predicted molar refractivity (Wildman–Crippen MR) is 392 cm³/mol. The minimum Gasteiger partial charge on any atom is -0.456 e. The van der Waals surface area contributed by atoms with E-state index in [9.17, 15) is 19.0 Å². The highest BCUT2D eigenvalue weighted by Gasteiger charge is 2.30. The van der Waals surface area contributed by atoms with Crippen LogP contribution in [0.4, 0.5) is 0 Å². The second-order valence-electron chi connectivity index (χ2n) is 27.5. The topological polar surface area (TPSA) is 111 Å². The van der Waals surface area contributed by atoms with Crippen LogP contribution in [0.3, 0.4) is 0 Å². The van der Waals surface area contributed by atoms with Crippen molar-refractivity contribution in [1.82, 2.24) is 5.32 Å². The molecule has 0 aliphatic rings. The number of unbranched alkanes of at least 4 members (excludes halogenated alkanes) is 45. The number of allylic oxidation sites excluding steroid dienone is 11. The van der Waals surface area contributed by atoms with Crippen LogP contribution in [-0.4, -0.2) is 74.3 Å². The molecule has 0 radical (unpaired) electrons. The quantitative estimate of drug-likeness (QED) is 0.0205. The van der Waals surface area contributed by atoms with E-state index in [0.29, 0.717) is 17.4 Å². The highest BCUT2D eigenvalue weighted by molar-refractivity contribution is 7.47. The summed E-state index contributed by atoms with van der Waals surface area (Å²) in [5.74, 6) is -0.492. The Labute approximate surface area is 559 Å². The number of carbonyl (C=O) groups is 2. The number of amides is 1. The Morgan fingerprint density at radius 1 is 0.400 bits per heavy atom. The van der Waals surface area contributed by atoms with Gasteiger partial charge in [0, 0.05) is 12.8 Å². The Morgan fingerprint density at radius 3 is 1.07 bits per heavy atom. The highest BCUT2D eigenvalue weighted by Crippen LogP contribution is 2.43. The van der Waals surface area contributed by atoms with Crippen molar-refractivity contribution in [3.8, 4) is 0 Å². The number of rotatable bonds is 71. The lowest BCUT2D eigenvalue weighted by molar-refractivity contribution is -0.870. The van der Waals surface area contributed by atoms with Gasteiger partial charge in [-0.2, -0.15) is 0 Å². The molecule has 3 atom stereocenters. The van der Waals surface area contributed by atoms with Crippen molar-refractivity contribution in [3.05, 3.63) is 72.9 Å². The number of quaternary nitrogens is 1. The van der Waals surface area contributed by atoms with Crippen molar-refractivity contribution < 1.29 is 37.3 Å². The molecule has 90 heavy (non-hydrogen) atoms. The highest BCUT2D eigenvalue weighted by atomic mass is 31.2. The average Bonchev–Trinajstić information content (AvgIpc) is 3.12. The molecule has 0 saturated heterocycles. The zero-order valence-electron chi connectivity index (χ0n) is 60.4. The van der Waals surface area contributed by atoms with Crippen molar-refractivity contribution in [3.63, 3.8) is 0 Å². The molecule has 0 aliphatic carbocycles. The maximum atomic E-state index is 13.7. The van der Waals surface area contributed by atoms with E-state index in [4.69, 9.17) is 13.8 Å². The van der Waals surface area contributed by atoms with Gasteiger partial charge >= 0.3 is 13.8 Å². The van der Waals surface area contributed by atoms with Gasteiger partial charge in [0.15, 0.2) is 0 Å². The molecular formula is C80H150N2O7P+. The SMILES string of the molecule is CC/C=C\C/C=C\C/C=C\C/C=C\C/C=C\CCCCCCCCCCCCCC(=O)OC(/C=C/CCCCCCCCCCCC)C(COP(=O)(O)OCC[N+](C)(C)C)NC(=O)CCCCCCCCCCCCCCCCCCCCCCCCCCC. The summed E-state index contributed by atoms with van der Waals surface area (Å²) in [6.45, 7) is 6.96. The summed E-state index contributed by atoms with van der Waals surface area (Å²) in [5, 5.41) is 3.08. The van der Waals surface area contributed by atoms with Gasteiger partial charge in [-0.1, -0.05) is 357 Å². The fraction of sp³-hybridized carbons (Fsp3) is 0.825. The molecule has 3 unspecified atom stereocenters. The molecule has 0 rings (SSSR count). The van der Waals surface area contributed by atoms with E-state index in [1.165, 1.54) is 250 Å². The third-order valence-electron chi connectivity index (χ3n) is 17.4. The third kappa shape index (κ3) is 69.8. The number of phosphoric acid groups is 1. The summed E-state index contributed by atoms with van der Waals surface area (Å²) < 4.78 is 30.9. The number of hydrogen-bond donors (Lipinski definition) is 2. The lowest BCUT2D eigenvalue weighted by Gasteiger charge is -2.27. The second kappa shape index (κ2) is 69.3. The van der Waals surface area contributed by atoms with Gasteiger partial charge in [0.25, 0.3) is 0 Å². The first-order valence-electron chi connectivity index (χ1n) is 38.8. The fourth-order valence-electron chi connectivity index (χ4n) is 11.5. The smallest absolute Gasteiger partial charge is 0.456 e. The molecular weight excluding hydrogens is 1130 g/mol. The second-order valence-corrected chi connectivity index (χ2v) is 29.0. The normalized spacial score (nSPS) is 13.8. The standard InChI is InChI=1S/C80H149N2O7P/c1-7-10-13-16-19-22-25-28-30-32-34-36-38-40-41-43-45-47-49-51-53-55-58-61-64-67-70-73-80(84)89-78(71-68-65-62-59-56-27-24-21-18-15-12-9-3)77(76-88-90(85,86)87-75-74-82(4,5)6)81-79(83)72-69-66-63-60-57-54-52-50-48-46-44-42-39-37-35-33-31-29-26-23-20-17-14-11-8-2/h10,13,19,22,28,30,34,36,40-41,68,71,77-78H,7-9,11-12,14-18,20-21,23-27,29,31-33,35,37-39,42-67,69-70,72-76H2,1-6H3,(H-,81,83,85,86)/p+1/b13-10-,22-19-,30-28-,36-34-,41-40-,71-68+. The molecule has 526 valence electrons. The van der Waals surface area contributed by atoms with E-state index in [1.807, 2.05) is 33.3 Å². The molecule has 0 spiro atoms. The average molecular weight is 1280 g/mol. The van der Waals surface area contributed by atoms with Gasteiger partial charge in [0.05, 0.1) is 33.8 Å². The van der Waals surface area contributed by atoms with Gasteiger partial charge in [-0.15, -0.1) is 0 Å². The number of ether oxygens (including phenoxy) is 1. The van der Waals surface area contributed by atoms with Gasteiger partial charge in [-0.25, -0.2) is 4.57 Å². The van der Waals surface area contributed by atoms with Crippen LogP contribution in [-0.2, 0) is 27.9 Å². The van der Waals surface area contributed by atoms with Gasteiger partial charge in [0.1, 0.15) is 19.3 Å². The maximum absolute atomic E-state index is 13.7. The first kappa shape index (κ1) is 87.5. The molecule has 0 aromatic heterocycles. The van der Waals surface area contributed by atoms with Crippen LogP contribution in [0.25, 0.3) is 0 Å². The minimum absolute atomic E-state index is 0.0402. The number of nitrogens with zero attached hydrogens (tertiary/aromatic N) is 1. The number of likely N-dealkylation sites (N-methyl/N-ethyl adjacent to an activating group) is 1. The largest absolute Gasteiger partial charge is 0.472 e. The summed E-state index contributed by atoms with van der Waals surface area (Å²) in [4.78, 5) is 38.0. The summed E-state index contributed by atoms with van der Waals surface area (Å²) in [7, 11) is 1.51. The number of esters is 1. The minimum atomic E-state index is -4.46. The van der Waals surface area contributed by atoms with Crippen molar-refractivity contribution in [2.24, 2.45) is 0 Å².